The Balaban J connectivity index is 1.59. The molecule has 166 valence electrons. The van der Waals surface area contributed by atoms with Crippen molar-refractivity contribution in [3.8, 4) is 0 Å². The number of nitrogens with zero attached hydrogens (tertiary/aromatic N) is 2. The first-order chi connectivity index (χ1) is 15.0. The van der Waals surface area contributed by atoms with Crippen molar-refractivity contribution in [1.29, 1.82) is 0 Å². The molecule has 0 amide bonds. The molecule has 0 aliphatic carbocycles. The molecule has 0 saturated carbocycles. The van der Waals surface area contributed by atoms with Gasteiger partial charge in [0, 0.05) is 19.5 Å². The fraction of sp³-hybridized carbons (Fsp3) is 0.417. The predicted octanol–water partition coefficient (Wildman–Crippen LogP) is 4.20. The molecule has 0 spiro atoms. The fourth-order valence-corrected chi connectivity index (χ4v) is 3.63. The highest BCUT2D eigenvalue weighted by atomic mass is 19.1. The fourth-order valence-electron chi connectivity index (χ4n) is 3.63. The SMILES string of the molecule is CCOC(=O)C1CCCN(CCON=C(Cc2ccc(F)cc2)c2ccc(F)cc2)C1. The molecule has 3 rings (SSSR count). The molecule has 2 aromatic rings. The van der Waals surface area contributed by atoms with Gasteiger partial charge in [0.15, 0.2) is 0 Å². The highest BCUT2D eigenvalue weighted by Crippen LogP contribution is 2.18. The van der Waals surface area contributed by atoms with Crippen molar-refractivity contribution in [3.63, 3.8) is 0 Å². The molecule has 5 nitrogen and oxygen atoms in total. The lowest BCUT2D eigenvalue weighted by Gasteiger charge is -2.30. The number of hydrogen-bond donors (Lipinski definition) is 0. The first kappa shape index (κ1) is 22.9. The third-order valence-corrected chi connectivity index (χ3v) is 5.26. The lowest BCUT2D eigenvalue weighted by molar-refractivity contribution is -0.150. The van der Waals surface area contributed by atoms with E-state index in [1.54, 1.807) is 24.3 Å². The van der Waals surface area contributed by atoms with Gasteiger partial charge in [-0.3, -0.25) is 9.69 Å². The largest absolute Gasteiger partial charge is 0.466 e. The van der Waals surface area contributed by atoms with E-state index in [9.17, 15) is 13.6 Å². The van der Waals surface area contributed by atoms with Crippen LogP contribution in [0.5, 0.6) is 0 Å². The van der Waals surface area contributed by atoms with E-state index in [-0.39, 0.29) is 23.5 Å². The van der Waals surface area contributed by atoms with Crippen molar-refractivity contribution in [3.05, 3.63) is 71.3 Å². The molecule has 0 N–H and O–H groups in total. The molecule has 1 aliphatic rings. The summed E-state index contributed by atoms with van der Waals surface area (Å²) in [5.41, 5.74) is 2.25. The van der Waals surface area contributed by atoms with Crippen LogP contribution in [0.15, 0.2) is 53.7 Å². The van der Waals surface area contributed by atoms with Gasteiger partial charge in [-0.2, -0.15) is 0 Å². The molecule has 0 bridgehead atoms. The molecule has 1 aliphatic heterocycles. The Morgan fingerprint density at radius 3 is 2.45 bits per heavy atom. The van der Waals surface area contributed by atoms with Crippen LogP contribution in [-0.4, -0.2) is 49.4 Å². The van der Waals surface area contributed by atoms with Crippen LogP contribution < -0.4 is 0 Å². The third-order valence-electron chi connectivity index (χ3n) is 5.26. The summed E-state index contributed by atoms with van der Waals surface area (Å²) in [6.07, 6.45) is 2.22. The van der Waals surface area contributed by atoms with E-state index in [4.69, 9.17) is 9.57 Å². The average Bonchev–Trinajstić information content (AvgIpc) is 2.78. The van der Waals surface area contributed by atoms with Crippen molar-refractivity contribution in [2.45, 2.75) is 26.2 Å². The van der Waals surface area contributed by atoms with E-state index in [1.807, 2.05) is 6.92 Å². The zero-order chi connectivity index (χ0) is 22.1. The summed E-state index contributed by atoms with van der Waals surface area (Å²) in [5.74, 6) is -0.857. The summed E-state index contributed by atoms with van der Waals surface area (Å²) in [6.45, 7) is 4.79. The number of esters is 1. The van der Waals surface area contributed by atoms with Gasteiger partial charge in [-0.25, -0.2) is 8.78 Å². The summed E-state index contributed by atoms with van der Waals surface area (Å²) in [4.78, 5) is 19.7. The van der Waals surface area contributed by atoms with E-state index in [2.05, 4.69) is 10.1 Å². The number of likely N-dealkylation sites (tertiary alicyclic amines) is 1. The monoisotopic (exact) mass is 430 g/mol. The predicted molar refractivity (Wildman–Crippen MR) is 115 cm³/mol. The smallest absolute Gasteiger partial charge is 0.310 e. The second-order valence-corrected chi connectivity index (χ2v) is 7.57. The van der Waals surface area contributed by atoms with Gasteiger partial charge in [-0.05, 0) is 61.7 Å². The second-order valence-electron chi connectivity index (χ2n) is 7.57. The molecule has 1 unspecified atom stereocenters. The van der Waals surface area contributed by atoms with Gasteiger partial charge < -0.3 is 9.57 Å². The summed E-state index contributed by atoms with van der Waals surface area (Å²) >= 11 is 0. The number of benzene rings is 2. The minimum Gasteiger partial charge on any atom is -0.466 e. The van der Waals surface area contributed by atoms with E-state index >= 15 is 0 Å². The molecule has 2 aromatic carbocycles. The Labute approximate surface area is 181 Å². The molecule has 1 saturated heterocycles. The zero-order valence-electron chi connectivity index (χ0n) is 17.7. The Morgan fingerprint density at radius 2 is 1.77 bits per heavy atom. The quantitative estimate of drug-likeness (QED) is 0.259. The first-order valence-corrected chi connectivity index (χ1v) is 10.6. The summed E-state index contributed by atoms with van der Waals surface area (Å²) < 4.78 is 31.7. The van der Waals surface area contributed by atoms with Gasteiger partial charge in [0.2, 0.25) is 0 Å². The van der Waals surface area contributed by atoms with E-state index in [0.717, 1.165) is 30.5 Å². The summed E-state index contributed by atoms with van der Waals surface area (Å²) in [5, 5.41) is 4.29. The Morgan fingerprint density at radius 1 is 1.10 bits per heavy atom. The Kier molecular flexibility index (Phi) is 8.53. The van der Waals surface area contributed by atoms with Gasteiger partial charge in [-0.15, -0.1) is 0 Å². The van der Waals surface area contributed by atoms with Crippen LogP contribution in [0.25, 0.3) is 0 Å². The Bertz CT molecular complexity index is 869. The highest BCUT2D eigenvalue weighted by molar-refractivity contribution is 6.01. The highest BCUT2D eigenvalue weighted by Gasteiger charge is 2.26. The van der Waals surface area contributed by atoms with Gasteiger partial charge in [0.05, 0.1) is 18.2 Å². The molecule has 0 aromatic heterocycles. The van der Waals surface area contributed by atoms with E-state index in [1.165, 1.54) is 24.3 Å². The van der Waals surface area contributed by atoms with Gasteiger partial charge in [0.1, 0.15) is 18.2 Å². The number of ether oxygens (including phenoxy) is 1. The van der Waals surface area contributed by atoms with Crippen LogP contribution in [-0.2, 0) is 20.8 Å². The molecule has 0 radical (unpaired) electrons. The van der Waals surface area contributed by atoms with Crippen molar-refractivity contribution in [2.24, 2.45) is 11.1 Å². The molecule has 7 heteroatoms. The molecular formula is C24H28F2N2O3. The first-order valence-electron chi connectivity index (χ1n) is 10.6. The van der Waals surface area contributed by atoms with E-state index < -0.39 is 0 Å². The molecule has 1 fully saturated rings. The summed E-state index contributed by atoms with van der Waals surface area (Å²) in [6, 6.07) is 12.2. The number of hydrogen-bond acceptors (Lipinski definition) is 5. The topological polar surface area (TPSA) is 51.1 Å². The number of oxime groups is 1. The standard InChI is InChI=1S/C24H28F2N2O3/c1-2-30-24(29)20-4-3-13-28(17-20)14-15-31-27-23(19-7-11-22(26)12-8-19)16-18-5-9-21(25)10-6-18/h5-12,20H,2-4,13-17H2,1H3. The van der Waals surface area contributed by atoms with Crippen molar-refractivity contribution >= 4 is 11.7 Å². The average molecular weight is 430 g/mol. The molecule has 1 atom stereocenters. The van der Waals surface area contributed by atoms with Crippen LogP contribution in [0, 0.1) is 17.6 Å². The lowest BCUT2D eigenvalue weighted by Crippen LogP contribution is -2.40. The normalized spacial score (nSPS) is 17.4. The van der Waals surface area contributed by atoms with Gasteiger partial charge in [-0.1, -0.05) is 29.4 Å². The molecular weight excluding hydrogens is 402 g/mol. The van der Waals surface area contributed by atoms with Crippen LogP contribution in [0.1, 0.15) is 30.9 Å². The second kappa shape index (κ2) is 11.6. The van der Waals surface area contributed by atoms with Crippen molar-refractivity contribution in [1.82, 2.24) is 4.90 Å². The van der Waals surface area contributed by atoms with E-state index in [0.29, 0.717) is 38.4 Å². The number of rotatable bonds is 9. The van der Waals surface area contributed by atoms with Crippen LogP contribution >= 0.6 is 0 Å². The van der Waals surface area contributed by atoms with Gasteiger partial charge >= 0.3 is 5.97 Å². The van der Waals surface area contributed by atoms with Crippen LogP contribution in [0.4, 0.5) is 8.78 Å². The van der Waals surface area contributed by atoms with Crippen molar-refractivity contribution in [2.75, 3.05) is 32.8 Å². The number of piperidine rings is 1. The zero-order valence-corrected chi connectivity index (χ0v) is 17.7. The number of carbonyl (C=O) groups is 1. The minimum absolute atomic E-state index is 0.0922. The number of carbonyl (C=O) groups excluding carboxylic acids is 1. The van der Waals surface area contributed by atoms with Crippen molar-refractivity contribution < 1.29 is 23.1 Å². The maximum atomic E-state index is 13.3. The minimum atomic E-state index is -0.327. The third kappa shape index (κ3) is 7.14. The number of halogens is 2. The maximum absolute atomic E-state index is 13.3. The van der Waals surface area contributed by atoms with Crippen LogP contribution in [0.2, 0.25) is 0 Å². The lowest BCUT2D eigenvalue weighted by atomic mass is 9.98. The molecule has 1 heterocycles. The maximum Gasteiger partial charge on any atom is 0.310 e. The van der Waals surface area contributed by atoms with Gasteiger partial charge in [0.25, 0.3) is 0 Å². The van der Waals surface area contributed by atoms with Crippen LogP contribution in [0.3, 0.4) is 0 Å². The summed E-state index contributed by atoms with van der Waals surface area (Å²) in [7, 11) is 0. The molecule has 31 heavy (non-hydrogen) atoms. The Hall–Kier alpha value is -2.80.